The fraction of sp³-hybridized carbons (Fsp3) is 0.700. The molecule has 3 nitrogen and oxygen atoms in total. The van der Waals surface area contributed by atoms with Crippen LogP contribution in [-0.4, -0.2) is 42.4 Å². The third kappa shape index (κ3) is 9.09. The van der Waals surface area contributed by atoms with Crippen molar-refractivity contribution in [2.75, 3.05) is 26.3 Å². The third-order valence-corrected chi connectivity index (χ3v) is 3.91. The molecule has 3 heteroatoms. The Kier molecular flexibility index (Phi) is 9.46. The van der Waals surface area contributed by atoms with Crippen molar-refractivity contribution in [3.63, 3.8) is 0 Å². The summed E-state index contributed by atoms with van der Waals surface area (Å²) in [6.07, 6.45) is 0.718. The first kappa shape index (κ1) is 20.1. The van der Waals surface area contributed by atoms with Gasteiger partial charge >= 0.3 is 0 Å². The van der Waals surface area contributed by atoms with Crippen LogP contribution in [0.2, 0.25) is 0 Å². The first-order valence-corrected chi connectivity index (χ1v) is 8.91. The molecule has 0 spiro atoms. The number of aliphatic hydroxyl groups is 1. The highest BCUT2D eigenvalue weighted by atomic mass is 16.5. The van der Waals surface area contributed by atoms with Crippen molar-refractivity contribution in [1.82, 2.24) is 4.90 Å². The highest BCUT2D eigenvalue weighted by Gasteiger charge is 2.14. The quantitative estimate of drug-likeness (QED) is 0.671. The van der Waals surface area contributed by atoms with Crippen LogP contribution in [0.15, 0.2) is 24.3 Å². The molecule has 23 heavy (non-hydrogen) atoms. The van der Waals surface area contributed by atoms with Gasteiger partial charge in [0.15, 0.2) is 0 Å². The Balaban J connectivity index is 2.56. The molecule has 0 unspecified atom stereocenters. The molecule has 1 N–H and O–H groups in total. The Labute approximate surface area is 142 Å². The number of benzene rings is 1. The standard InChI is InChI=1S/C20H35NO2/c1-16(2)10-11-21(12-19-9-7-6-8-18(19)5)13-20(22)15-23-14-17(3)4/h6-9,16-17,20,22H,10-15H2,1-5H3/t20-/m1/s1. The summed E-state index contributed by atoms with van der Waals surface area (Å²) in [7, 11) is 0. The van der Waals surface area contributed by atoms with Crippen molar-refractivity contribution in [1.29, 1.82) is 0 Å². The molecular formula is C20H35NO2. The molecule has 1 atom stereocenters. The molecule has 1 aromatic rings. The van der Waals surface area contributed by atoms with Crippen LogP contribution in [0, 0.1) is 18.8 Å². The molecule has 0 bridgehead atoms. The van der Waals surface area contributed by atoms with Crippen LogP contribution in [0.1, 0.15) is 45.2 Å². The molecule has 0 aromatic heterocycles. The molecule has 0 radical (unpaired) electrons. The van der Waals surface area contributed by atoms with E-state index < -0.39 is 6.10 Å². The van der Waals surface area contributed by atoms with Crippen LogP contribution >= 0.6 is 0 Å². The van der Waals surface area contributed by atoms with Crippen molar-refractivity contribution in [2.45, 2.75) is 53.7 Å². The van der Waals surface area contributed by atoms with Crippen molar-refractivity contribution in [3.8, 4) is 0 Å². The molecule has 0 aliphatic heterocycles. The highest BCUT2D eigenvalue weighted by Crippen LogP contribution is 2.13. The lowest BCUT2D eigenvalue weighted by atomic mass is 10.1. The minimum Gasteiger partial charge on any atom is -0.389 e. The van der Waals surface area contributed by atoms with Crippen LogP contribution in [-0.2, 0) is 11.3 Å². The van der Waals surface area contributed by atoms with E-state index in [0.29, 0.717) is 31.6 Å². The number of aliphatic hydroxyl groups excluding tert-OH is 1. The maximum absolute atomic E-state index is 10.3. The SMILES string of the molecule is Cc1ccccc1CN(CCC(C)C)C[C@@H](O)COCC(C)C. The summed E-state index contributed by atoms with van der Waals surface area (Å²) in [6.45, 7) is 14.6. The van der Waals surface area contributed by atoms with Crippen molar-refractivity contribution in [2.24, 2.45) is 11.8 Å². The van der Waals surface area contributed by atoms with Gasteiger partial charge in [0.2, 0.25) is 0 Å². The first-order valence-electron chi connectivity index (χ1n) is 8.91. The molecule has 0 aliphatic rings. The summed E-state index contributed by atoms with van der Waals surface area (Å²) >= 11 is 0. The van der Waals surface area contributed by atoms with Crippen molar-refractivity contribution < 1.29 is 9.84 Å². The van der Waals surface area contributed by atoms with Gasteiger partial charge in [-0.15, -0.1) is 0 Å². The summed E-state index contributed by atoms with van der Waals surface area (Å²) in [5.74, 6) is 1.18. The summed E-state index contributed by atoms with van der Waals surface area (Å²) in [5, 5.41) is 10.3. The molecule has 132 valence electrons. The van der Waals surface area contributed by atoms with Crippen molar-refractivity contribution >= 4 is 0 Å². The van der Waals surface area contributed by atoms with E-state index >= 15 is 0 Å². The van der Waals surface area contributed by atoms with Crippen molar-refractivity contribution in [3.05, 3.63) is 35.4 Å². The number of hydrogen-bond donors (Lipinski definition) is 1. The van der Waals surface area contributed by atoms with Crippen LogP contribution in [0.3, 0.4) is 0 Å². The Morgan fingerprint density at radius 2 is 1.74 bits per heavy atom. The van der Waals surface area contributed by atoms with Gasteiger partial charge in [-0.05, 0) is 42.9 Å². The maximum Gasteiger partial charge on any atom is 0.0900 e. The second-order valence-electron chi connectivity index (χ2n) is 7.43. The van der Waals surface area contributed by atoms with Gasteiger partial charge in [0.05, 0.1) is 12.7 Å². The number of nitrogens with zero attached hydrogens (tertiary/aromatic N) is 1. The monoisotopic (exact) mass is 321 g/mol. The summed E-state index contributed by atoms with van der Waals surface area (Å²) in [5.41, 5.74) is 2.65. The number of aryl methyl sites for hydroxylation is 1. The fourth-order valence-electron chi connectivity index (χ4n) is 2.49. The van der Waals surface area contributed by atoms with E-state index in [0.717, 1.165) is 19.5 Å². The largest absolute Gasteiger partial charge is 0.389 e. The Morgan fingerprint density at radius 1 is 1.04 bits per heavy atom. The average molecular weight is 322 g/mol. The van der Waals surface area contributed by atoms with Crippen LogP contribution < -0.4 is 0 Å². The maximum atomic E-state index is 10.3. The first-order chi connectivity index (χ1) is 10.9. The topological polar surface area (TPSA) is 32.7 Å². The molecule has 0 saturated carbocycles. The summed E-state index contributed by atoms with van der Waals surface area (Å²) < 4.78 is 5.58. The van der Waals surface area contributed by atoms with Gasteiger partial charge in [0.1, 0.15) is 0 Å². The summed E-state index contributed by atoms with van der Waals surface area (Å²) in [6, 6.07) is 8.49. The molecule has 1 aromatic carbocycles. The second kappa shape index (κ2) is 10.8. The normalized spacial score (nSPS) is 13.3. The second-order valence-corrected chi connectivity index (χ2v) is 7.43. The lowest BCUT2D eigenvalue weighted by Crippen LogP contribution is -2.36. The van der Waals surface area contributed by atoms with Crippen LogP contribution in [0.5, 0.6) is 0 Å². The van der Waals surface area contributed by atoms with E-state index in [1.807, 2.05) is 0 Å². The highest BCUT2D eigenvalue weighted by molar-refractivity contribution is 5.25. The Hall–Kier alpha value is -0.900. The molecule has 0 heterocycles. The number of ether oxygens (including phenoxy) is 1. The number of rotatable bonds is 11. The van der Waals surface area contributed by atoms with Gasteiger partial charge in [-0.25, -0.2) is 0 Å². The predicted molar refractivity (Wildman–Crippen MR) is 97.6 cm³/mol. The van der Waals surface area contributed by atoms with Gasteiger partial charge < -0.3 is 9.84 Å². The molecule has 0 amide bonds. The predicted octanol–water partition coefficient (Wildman–Crippen LogP) is 3.88. The zero-order valence-electron chi connectivity index (χ0n) is 15.6. The third-order valence-electron chi connectivity index (χ3n) is 3.91. The smallest absolute Gasteiger partial charge is 0.0900 e. The van der Waals surface area contributed by atoms with E-state index in [9.17, 15) is 5.11 Å². The average Bonchev–Trinajstić information content (AvgIpc) is 2.46. The van der Waals surface area contributed by atoms with E-state index in [1.54, 1.807) is 0 Å². The molecule has 0 aliphatic carbocycles. The zero-order valence-corrected chi connectivity index (χ0v) is 15.6. The van der Waals surface area contributed by atoms with E-state index in [-0.39, 0.29) is 0 Å². The Bertz CT molecular complexity index is 431. The molecule has 1 rings (SSSR count). The van der Waals surface area contributed by atoms with Gasteiger partial charge in [0.25, 0.3) is 0 Å². The van der Waals surface area contributed by atoms with Gasteiger partial charge in [-0.2, -0.15) is 0 Å². The molecular weight excluding hydrogens is 286 g/mol. The minimum absolute atomic E-state index is 0.421. The van der Waals surface area contributed by atoms with Gasteiger partial charge in [0, 0.05) is 19.7 Å². The van der Waals surface area contributed by atoms with Gasteiger partial charge in [-0.3, -0.25) is 4.90 Å². The van der Waals surface area contributed by atoms with Crippen LogP contribution in [0.25, 0.3) is 0 Å². The molecule has 0 fully saturated rings. The van der Waals surface area contributed by atoms with Gasteiger partial charge in [-0.1, -0.05) is 52.0 Å². The zero-order chi connectivity index (χ0) is 17.2. The fourth-order valence-corrected chi connectivity index (χ4v) is 2.49. The number of hydrogen-bond acceptors (Lipinski definition) is 3. The minimum atomic E-state index is -0.426. The van der Waals surface area contributed by atoms with E-state index in [4.69, 9.17) is 4.74 Å². The lowest BCUT2D eigenvalue weighted by Gasteiger charge is -2.26. The van der Waals surface area contributed by atoms with E-state index in [2.05, 4.69) is 63.8 Å². The Morgan fingerprint density at radius 3 is 2.35 bits per heavy atom. The lowest BCUT2D eigenvalue weighted by molar-refractivity contribution is 0.00625. The summed E-state index contributed by atoms with van der Waals surface area (Å²) in [4.78, 5) is 2.35. The van der Waals surface area contributed by atoms with Crippen LogP contribution in [0.4, 0.5) is 0 Å². The van der Waals surface area contributed by atoms with E-state index in [1.165, 1.54) is 11.1 Å². The molecule has 0 saturated heterocycles.